The molecule has 0 aliphatic heterocycles. The van der Waals surface area contributed by atoms with Crippen molar-refractivity contribution < 1.29 is 13.2 Å². The lowest BCUT2D eigenvalue weighted by Crippen LogP contribution is -2.26. The van der Waals surface area contributed by atoms with Crippen LogP contribution in [0.3, 0.4) is 0 Å². The number of anilines is 2. The third kappa shape index (κ3) is 5.52. The zero-order valence-corrected chi connectivity index (χ0v) is 18.9. The second-order valence-corrected chi connectivity index (χ2v) is 9.56. The maximum Gasteiger partial charge on any atom is 0.264 e. The van der Waals surface area contributed by atoms with Crippen molar-refractivity contribution in [2.24, 2.45) is 0 Å². The minimum atomic E-state index is -3.67. The number of aryl methyl sites for hydroxylation is 2. The minimum Gasteiger partial charge on any atom is -0.322 e. The van der Waals surface area contributed by atoms with Crippen molar-refractivity contribution >= 4 is 27.3 Å². The lowest BCUT2D eigenvalue weighted by atomic mass is 10.1. The Bertz CT molecular complexity index is 1120. The number of nitrogens with zero attached hydrogens (tertiary/aromatic N) is 1. The lowest BCUT2D eigenvalue weighted by molar-refractivity contribution is 0.102. The van der Waals surface area contributed by atoms with Crippen molar-refractivity contribution in [3.63, 3.8) is 0 Å². The molecule has 0 radical (unpaired) electrons. The van der Waals surface area contributed by atoms with Gasteiger partial charge in [0, 0.05) is 18.3 Å². The van der Waals surface area contributed by atoms with Crippen LogP contribution in [0.1, 0.15) is 41.3 Å². The smallest absolute Gasteiger partial charge is 0.264 e. The van der Waals surface area contributed by atoms with Gasteiger partial charge in [-0.05, 0) is 73.9 Å². The van der Waals surface area contributed by atoms with Crippen LogP contribution in [0.15, 0.2) is 77.7 Å². The molecule has 0 aromatic heterocycles. The Morgan fingerprint density at radius 3 is 2.10 bits per heavy atom. The molecule has 1 N–H and O–H groups in total. The van der Waals surface area contributed by atoms with E-state index < -0.39 is 10.0 Å². The Morgan fingerprint density at radius 2 is 1.52 bits per heavy atom. The van der Waals surface area contributed by atoms with E-state index in [2.05, 4.69) is 12.2 Å². The molecule has 0 saturated heterocycles. The number of nitrogens with one attached hydrogen (secondary N) is 1. The molecule has 3 aromatic rings. The summed E-state index contributed by atoms with van der Waals surface area (Å²) in [4.78, 5) is 12.8. The number of amides is 1. The molecule has 0 bridgehead atoms. The Balaban J connectivity index is 1.69. The average Bonchev–Trinajstić information content (AvgIpc) is 2.78. The van der Waals surface area contributed by atoms with E-state index in [9.17, 15) is 13.2 Å². The average molecular weight is 437 g/mol. The van der Waals surface area contributed by atoms with Gasteiger partial charge in [-0.25, -0.2) is 8.42 Å². The van der Waals surface area contributed by atoms with Gasteiger partial charge < -0.3 is 5.32 Å². The summed E-state index contributed by atoms with van der Waals surface area (Å²) in [5, 5.41) is 2.88. The van der Waals surface area contributed by atoms with Crippen molar-refractivity contribution in [2.45, 2.75) is 38.0 Å². The summed E-state index contributed by atoms with van der Waals surface area (Å²) in [6, 6.07) is 21.1. The van der Waals surface area contributed by atoms with Crippen molar-refractivity contribution in [1.82, 2.24) is 0 Å². The van der Waals surface area contributed by atoms with E-state index in [1.165, 1.54) is 16.9 Å². The molecule has 6 heteroatoms. The molecule has 0 heterocycles. The van der Waals surface area contributed by atoms with Gasteiger partial charge in [-0.2, -0.15) is 0 Å². The fourth-order valence-electron chi connectivity index (χ4n) is 3.17. The van der Waals surface area contributed by atoms with Crippen LogP contribution < -0.4 is 9.62 Å². The Morgan fingerprint density at radius 1 is 0.903 bits per heavy atom. The monoisotopic (exact) mass is 436 g/mol. The van der Waals surface area contributed by atoms with E-state index in [1.54, 1.807) is 48.5 Å². The highest BCUT2D eigenvalue weighted by Crippen LogP contribution is 2.23. The molecular formula is C25H28N2O3S. The van der Waals surface area contributed by atoms with E-state index in [-0.39, 0.29) is 10.8 Å². The van der Waals surface area contributed by atoms with Crippen molar-refractivity contribution in [2.75, 3.05) is 16.7 Å². The topological polar surface area (TPSA) is 66.5 Å². The quantitative estimate of drug-likeness (QED) is 0.513. The molecule has 0 aliphatic carbocycles. The maximum atomic E-state index is 12.8. The highest BCUT2D eigenvalue weighted by molar-refractivity contribution is 7.92. The summed E-state index contributed by atoms with van der Waals surface area (Å²) in [6.45, 7) is 4.07. The number of benzene rings is 3. The lowest BCUT2D eigenvalue weighted by Gasteiger charge is -2.20. The van der Waals surface area contributed by atoms with Gasteiger partial charge in [0.15, 0.2) is 0 Å². The van der Waals surface area contributed by atoms with Crippen LogP contribution in [0.5, 0.6) is 0 Å². The van der Waals surface area contributed by atoms with Gasteiger partial charge in [-0.15, -0.1) is 0 Å². The van der Waals surface area contributed by atoms with Crippen LogP contribution in [-0.2, 0) is 16.4 Å². The van der Waals surface area contributed by atoms with Gasteiger partial charge in [0.2, 0.25) is 0 Å². The number of hydrogen-bond acceptors (Lipinski definition) is 3. The van der Waals surface area contributed by atoms with Crippen LogP contribution in [0.25, 0.3) is 0 Å². The molecule has 31 heavy (non-hydrogen) atoms. The standard InChI is InChI=1S/C25H28N2O3S/c1-4-5-6-20-9-13-22(14-10-20)26-25(28)21-11-15-23(16-12-21)27(3)31(29,30)24-17-7-19(2)8-18-24/h7-18H,4-6H2,1-3H3,(H,26,28). The van der Waals surface area contributed by atoms with Gasteiger partial charge in [0.1, 0.15) is 0 Å². The maximum absolute atomic E-state index is 12.8. The Kier molecular flexibility index (Phi) is 7.13. The Labute approximate surface area is 184 Å². The van der Waals surface area contributed by atoms with E-state index in [0.717, 1.165) is 30.5 Å². The van der Waals surface area contributed by atoms with Crippen LogP contribution in [0.4, 0.5) is 11.4 Å². The van der Waals surface area contributed by atoms with Gasteiger partial charge in [-0.1, -0.05) is 43.2 Å². The second-order valence-electron chi connectivity index (χ2n) is 7.59. The molecule has 5 nitrogen and oxygen atoms in total. The molecule has 3 aromatic carbocycles. The third-order valence-electron chi connectivity index (χ3n) is 5.20. The summed E-state index contributed by atoms with van der Waals surface area (Å²) < 4.78 is 26.9. The molecule has 0 spiro atoms. The number of hydrogen-bond donors (Lipinski definition) is 1. The first kappa shape index (κ1) is 22.6. The summed E-state index contributed by atoms with van der Waals surface area (Å²) in [5.41, 5.74) is 3.92. The predicted molar refractivity (Wildman–Crippen MR) is 126 cm³/mol. The minimum absolute atomic E-state index is 0.227. The summed E-state index contributed by atoms with van der Waals surface area (Å²) in [6.07, 6.45) is 3.33. The summed E-state index contributed by atoms with van der Waals surface area (Å²) in [5.74, 6) is -0.239. The number of unbranched alkanes of at least 4 members (excludes halogenated alkanes) is 1. The normalized spacial score (nSPS) is 11.2. The van der Waals surface area contributed by atoms with Gasteiger partial charge >= 0.3 is 0 Å². The highest BCUT2D eigenvalue weighted by Gasteiger charge is 2.21. The number of sulfonamides is 1. The van der Waals surface area contributed by atoms with Crippen LogP contribution in [0.2, 0.25) is 0 Å². The second kappa shape index (κ2) is 9.79. The molecule has 0 fully saturated rings. The summed E-state index contributed by atoms with van der Waals surface area (Å²) in [7, 11) is -2.16. The molecule has 1 amide bonds. The van der Waals surface area contributed by atoms with Crippen LogP contribution in [0, 0.1) is 6.92 Å². The van der Waals surface area contributed by atoms with E-state index >= 15 is 0 Å². The van der Waals surface area contributed by atoms with Crippen molar-refractivity contribution in [3.05, 3.63) is 89.5 Å². The van der Waals surface area contributed by atoms with Crippen molar-refractivity contribution in [3.8, 4) is 0 Å². The van der Waals surface area contributed by atoms with Gasteiger partial charge in [0.25, 0.3) is 15.9 Å². The largest absolute Gasteiger partial charge is 0.322 e. The zero-order chi connectivity index (χ0) is 22.4. The number of carbonyl (C=O) groups excluding carboxylic acids is 1. The summed E-state index contributed by atoms with van der Waals surface area (Å²) >= 11 is 0. The first-order valence-electron chi connectivity index (χ1n) is 10.4. The fraction of sp³-hybridized carbons (Fsp3) is 0.240. The molecule has 0 saturated carbocycles. The molecule has 0 aliphatic rings. The third-order valence-corrected chi connectivity index (χ3v) is 7.00. The number of rotatable bonds is 8. The van der Waals surface area contributed by atoms with E-state index in [1.807, 2.05) is 31.2 Å². The van der Waals surface area contributed by atoms with Crippen LogP contribution >= 0.6 is 0 Å². The highest BCUT2D eigenvalue weighted by atomic mass is 32.2. The van der Waals surface area contributed by atoms with Crippen LogP contribution in [-0.4, -0.2) is 21.4 Å². The SMILES string of the molecule is CCCCc1ccc(NC(=O)c2ccc(N(C)S(=O)(=O)c3ccc(C)cc3)cc2)cc1. The molecule has 162 valence electrons. The van der Waals surface area contributed by atoms with E-state index in [0.29, 0.717) is 11.3 Å². The first-order valence-corrected chi connectivity index (χ1v) is 11.8. The fourth-order valence-corrected chi connectivity index (χ4v) is 4.36. The molecule has 3 rings (SSSR count). The predicted octanol–water partition coefficient (Wildman–Crippen LogP) is 5.42. The zero-order valence-electron chi connectivity index (χ0n) is 18.1. The first-order chi connectivity index (χ1) is 14.8. The molecule has 0 atom stereocenters. The van der Waals surface area contributed by atoms with Gasteiger partial charge in [-0.3, -0.25) is 9.10 Å². The molecular weight excluding hydrogens is 408 g/mol. The molecule has 0 unspecified atom stereocenters. The number of carbonyl (C=O) groups is 1. The van der Waals surface area contributed by atoms with Crippen molar-refractivity contribution in [1.29, 1.82) is 0 Å². The van der Waals surface area contributed by atoms with Gasteiger partial charge in [0.05, 0.1) is 10.6 Å². The Hall–Kier alpha value is -3.12. The van der Waals surface area contributed by atoms with E-state index in [4.69, 9.17) is 0 Å².